The topological polar surface area (TPSA) is 49.4 Å². The van der Waals surface area contributed by atoms with Crippen LogP contribution >= 0.6 is 0 Å². The fourth-order valence-electron chi connectivity index (χ4n) is 2.91. The van der Waals surface area contributed by atoms with Crippen LogP contribution in [0.15, 0.2) is 24.3 Å². The molecule has 0 unspecified atom stereocenters. The Morgan fingerprint density at radius 1 is 1.33 bits per heavy atom. The van der Waals surface area contributed by atoms with Crippen molar-refractivity contribution < 1.29 is 14.0 Å². The van der Waals surface area contributed by atoms with Crippen LogP contribution in [0, 0.1) is 5.82 Å². The molecule has 1 aromatic rings. The van der Waals surface area contributed by atoms with Crippen LogP contribution in [0.4, 0.5) is 4.39 Å². The van der Waals surface area contributed by atoms with Gasteiger partial charge in [0, 0.05) is 20.0 Å². The third-order valence-corrected chi connectivity index (χ3v) is 4.20. The summed E-state index contributed by atoms with van der Waals surface area (Å²) in [5.41, 5.74) is 0.180. The van der Waals surface area contributed by atoms with Gasteiger partial charge < -0.3 is 10.2 Å². The maximum Gasteiger partial charge on any atom is 0.245 e. The number of carbonyl (C=O) groups excluding carboxylic acids is 2. The van der Waals surface area contributed by atoms with Gasteiger partial charge in [0.25, 0.3) is 0 Å². The number of hydrogen-bond acceptors (Lipinski definition) is 2. The number of rotatable bonds is 4. The molecule has 1 fully saturated rings. The zero-order valence-corrected chi connectivity index (χ0v) is 12.5. The standard InChI is InChI=1S/C16H21FN2O2/c1-16(15(21)18-2)10-3-11-19(16)14(20)9-6-12-4-7-13(17)8-5-12/h4-5,7-8H,3,6,9-11H2,1-2H3,(H,18,21)/t16-/m0/s1. The minimum Gasteiger partial charge on any atom is -0.357 e. The first kappa shape index (κ1) is 15.5. The van der Waals surface area contributed by atoms with E-state index >= 15 is 0 Å². The van der Waals surface area contributed by atoms with E-state index in [1.54, 1.807) is 24.1 Å². The van der Waals surface area contributed by atoms with E-state index in [0.717, 1.165) is 12.0 Å². The minimum atomic E-state index is -0.741. The van der Waals surface area contributed by atoms with Crippen LogP contribution in [0.25, 0.3) is 0 Å². The van der Waals surface area contributed by atoms with Gasteiger partial charge in [-0.25, -0.2) is 4.39 Å². The number of likely N-dealkylation sites (tertiary alicyclic amines) is 1. The summed E-state index contributed by atoms with van der Waals surface area (Å²) in [5.74, 6) is -0.421. The second-order valence-corrected chi connectivity index (χ2v) is 5.63. The molecule has 5 heteroatoms. The molecule has 0 bridgehead atoms. The summed E-state index contributed by atoms with van der Waals surface area (Å²) >= 11 is 0. The Morgan fingerprint density at radius 2 is 2.00 bits per heavy atom. The first-order valence-electron chi connectivity index (χ1n) is 7.24. The van der Waals surface area contributed by atoms with Crippen molar-refractivity contribution in [2.24, 2.45) is 0 Å². The van der Waals surface area contributed by atoms with Gasteiger partial charge in [-0.05, 0) is 43.9 Å². The molecule has 4 nitrogen and oxygen atoms in total. The van der Waals surface area contributed by atoms with Gasteiger partial charge in [-0.2, -0.15) is 0 Å². The van der Waals surface area contributed by atoms with E-state index in [1.807, 2.05) is 6.92 Å². The Bertz CT molecular complexity index is 530. The lowest BCUT2D eigenvalue weighted by Gasteiger charge is -2.33. The Labute approximate surface area is 124 Å². The first-order chi connectivity index (χ1) is 9.97. The number of likely N-dealkylation sites (N-methyl/N-ethyl adjacent to an activating group) is 1. The van der Waals surface area contributed by atoms with E-state index < -0.39 is 5.54 Å². The van der Waals surface area contributed by atoms with E-state index in [-0.39, 0.29) is 17.6 Å². The van der Waals surface area contributed by atoms with Crippen LogP contribution in [0.2, 0.25) is 0 Å². The lowest BCUT2D eigenvalue weighted by Crippen LogP contribution is -2.54. The molecule has 0 aliphatic carbocycles. The zero-order chi connectivity index (χ0) is 15.5. The molecule has 0 radical (unpaired) electrons. The highest BCUT2D eigenvalue weighted by atomic mass is 19.1. The number of aryl methyl sites for hydroxylation is 1. The van der Waals surface area contributed by atoms with Crippen molar-refractivity contribution >= 4 is 11.8 Å². The van der Waals surface area contributed by atoms with Gasteiger partial charge in [-0.3, -0.25) is 9.59 Å². The number of nitrogens with zero attached hydrogens (tertiary/aromatic N) is 1. The molecule has 0 spiro atoms. The number of benzene rings is 1. The van der Waals surface area contributed by atoms with Crippen molar-refractivity contribution in [2.75, 3.05) is 13.6 Å². The molecule has 1 aliphatic rings. The van der Waals surface area contributed by atoms with Gasteiger partial charge >= 0.3 is 0 Å². The van der Waals surface area contributed by atoms with Gasteiger partial charge in [-0.15, -0.1) is 0 Å². The summed E-state index contributed by atoms with van der Waals surface area (Å²) in [7, 11) is 1.59. The highest BCUT2D eigenvalue weighted by molar-refractivity contribution is 5.91. The highest BCUT2D eigenvalue weighted by Crippen LogP contribution is 2.30. The van der Waals surface area contributed by atoms with Crippen LogP contribution in [-0.4, -0.2) is 35.8 Å². The molecular weight excluding hydrogens is 271 g/mol. The summed E-state index contributed by atoms with van der Waals surface area (Å²) in [6.45, 7) is 2.43. The maximum absolute atomic E-state index is 12.8. The molecule has 1 heterocycles. The van der Waals surface area contributed by atoms with Crippen LogP contribution in [0.3, 0.4) is 0 Å². The maximum atomic E-state index is 12.8. The second kappa shape index (κ2) is 6.24. The number of hydrogen-bond donors (Lipinski definition) is 1. The molecule has 1 N–H and O–H groups in total. The van der Waals surface area contributed by atoms with E-state index in [2.05, 4.69) is 5.32 Å². The van der Waals surface area contributed by atoms with Gasteiger partial charge in [0.2, 0.25) is 11.8 Å². The molecule has 114 valence electrons. The fraction of sp³-hybridized carbons (Fsp3) is 0.500. The van der Waals surface area contributed by atoms with Crippen molar-refractivity contribution in [3.8, 4) is 0 Å². The molecule has 21 heavy (non-hydrogen) atoms. The van der Waals surface area contributed by atoms with E-state index in [9.17, 15) is 14.0 Å². The van der Waals surface area contributed by atoms with Crippen LogP contribution in [0.5, 0.6) is 0 Å². The van der Waals surface area contributed by atoms with Crippen molar-refractivity contribution in [2.45, 2.75) is 38.1 Å². The summed E-state index contributed by atoms with van der Waals surface area (Å²) in [4.78, 5) is 26.1. The molecule has 1 aromatic carbocycles. The normalized spacial score (nSPS) is 21.4. The van der Waals surface area contributed by atoms with Crippen molar-refractivity contribution in [1.29, 1.82) is 0 Å². The average Bonchev–Trinajstić information content (AvgIpc) is 2.88. The number of carbonyl (C=O) groups is 2. The summed E-state index contributed by atoms with van der Waals surface area (Å²) in [6, 6.07) is 6.16. The minimum absolute atomic E-state index is 0.0251. The van der Waals surface area contributed by atoms with Crippen molar-refractivity contribution in [3.63, 3.8) is 0 Å². The van der Waals surface area contributed by atoms with Crippen molar-refractivity contribution in [1.82, 2.24) is 10.2 Å². The van der Waals surface area contributed by atoms with Crippen molar-refractivity contribution in [3.05, 3.63) is 35.6 Å². The van der Waals surface area contributed by atoms with Crippen LogP contribution in [-0.2, 0) is 16.0 Å². The smallest absolute Gasteiger partial charge is 0.245 e. The predicted octanol–water partition coefficient (Wildman–Crippen LogP) is 1.89. The molecule has 0 saturated carbocycles. The Hall–Kier alpha value is -1.91. The second-order valence-electron chi connectivity index (χ2n) is 5.63. The lowest BCUT2D eigenvalue weighted by atomic mass is 9.97. The van der Waals surface area contributed by atoms with Crippen LogP contribution in [0.1, 0.15) is 31.7 Å². The average molecular weight is 292 g/mol. The summed E-state index contributed by atoms with van der Waals surface area (Å²) < 4.78 is 12.8. The third-order valence-electron chi connectivity index (χ3n) is 4.20. The van der Waals surface area contributed by atoms with Gasteiger partial charge in [-0.1, -0.05) is 12.1 Å². The van der Waals surface area contributed by atoms with E-state index in [1.165, 1.54) is 12.1 Å². The monoisotopic (exact) mass is 292 g/mol. The van der Waals surface area contributed by atoms with Gasteiger partial charge in [0.15, 0.2) is 0 Å². The third kappa shape index (κ3) is 3.23. The Kier molecular flexibility index (Phi) is 4.60. The number of halogens is 1. The molecule has 0 aromatic heterocycles. The quantitative estimate of drug-likeness (QED) is 0.921. The van der Waals surface area contributed by atoms with Gasteiger partial charge in [0.1, 0.15) is 11.4 Å². The highest BCUT2D eigenvalue weighted by Gasteiger charge is 2.44. The lowest BCUT2D eigenvalue weighted by molar-refractivity contribution is -0.143. The Balaban J connectivity index is 1.99. The molecule has 1 aliphatic heterocycles. The fourth-order valence-corrected chi connectivity index (χ4v) is 2.91. The van der Waals surface area contributed by atoms with Gasteiger partial charge in [0.05, 0.1) is 0 Å². The predicted molar refractivity (Wildman–Crippen MR) is 78.1 cm³/mol. The number of nitrogens with one attached hydrogen (secondary N) is 1. The zero-order valence-electron chi connectivity index (χ0n) is 12.5. The summed E-state index contributed by atoms with van der Waals surface area (Å²) in [5, 5.41) is 2.64. The first-order valence-corrected chi connectivity index (χ1v) is 7.24. The largest absolute Gasteiger partial charge is 0.357 e. The molecule has 2 amide bonds. The van der Waals surface area contributed by atoms with Crippen LogP contribution < -0.4 is 5.32 Å². The van der Waals surface area contributed by atoms with E-state index in [0.29, 0.717) is 25.8 Å². The molecule has 1 atom stereocenters. The molecule has 1 saturated heterocycles. The Morgan fingerprint density at radius 3 is 2.62 bits per heavy atom. The van der Waals surface area contributed by atoms with E-state index in [4.69, 9.17) is 0 Å². The molecular formula is C16H21FN2O2. The SMILES string of the molecule is CNC(=O)[C@]1(C)CCCN1C(=O)CCc1ccc(F)cc1. The molecule has 2 rings (SSSR count). The number of amides is 2. The summed E-state index contributed by atoms with van der Waals surface area (Å²) in [6.07, 6.45) is 2.42.